The van der Waals surface area contributed by atoms with E-state index in [1.165, 1.54) is 16.7 Å². The molecule has 1 aromatic carbocycles. The van der Waals surface area contributed by atoms with E-state index in [2.05, 4.69) is 5.10 Å². The van der Waals surface area contributed by atoms with Gasteiger partial charge in [-0.2, -0.15) is 5.10 Å². The molecular weight excluding hydrogens is 308 g/mol. The van der Waals surface area contributed by atoms with Crippen LogP contribution in [0.15, 0.2) is 36.5 Å². The first kappa shape index (κ1) is 14.9. The first-order chi connectivity index (χ1) is 11.5. The first-order valence-corrected chi connectivity index (χ1v) is 7.91. The van der Waals surface area contributed by atoms with Crippen LogP contribution in [0.5, 0.6) is 0 Å². The molecule has 0 saturated heterocycles. The van der Waals surface area contributed by atoms with Gasteiger partial charge in [0.2, 0.25) is 0 Å². The monoisotopic (exact) mass is 326 g/mol. The number of benzene rings is 1. The summed E-state index contributed by atoms with van der Waals surface area (Å²) in [5.41, 5.74) is -0.0954. The van der Waals surface area contributed by atoms with Gasteiger partial charge in [-0.3, -0.25) is 14.5 Å². The van der Waals surface area contributed by atoms with E-state index in [9.17, 15) is 14.7 Å². The number of hydrogen-bond donors (Lipinski definition) is 1. The zero-order valence-electron chi connectivity index (χ0n) is 13.3. The van der Waals surface area contributed by atoms with Crippen LogP contribution in [0.4, 0.5) is 5.82 Å². The molecule has 2 aliphatic heterocycles. The van der Waals surface area contributed by atoms with Crippen LogP contribution in [0.2, 0.25) is 0 Å². The van der Waals surface area contributed by atoms with E-state index in [1.807, 2.05) is 18.2 Å². The van der Waals surface area contributed by atoms with Crippen molar-refractivity contribution in [1.29, 1.82) is 0 Å². The average molecular weight is 326 g/mol. The molecule has 24 heavy (non-hydrogen) atoms. The van der Waals surface area contributed by atoms with E-state index < -0.39 is 11.5 Å². The van der Waals surface area contributed by atoms with E-state index in [0.717, 1.165) is 5.56 Å². The molecule has 0 saturated carbocycles. The average Bonchev–Trinajstić information content (AvgIpc) is 3.22. The van der Waals surface area contributed by atoms with Crippen molar-refractivity contribution in [3.05, 3.63) is 47.7 Å². The number of aromatic nitrogens is 2. The normalized spacial score (nSPS) is 18.5. The van der Waals surface area contributed by atoms with Gasteiger partial charge in [0.05, 0.1) is 19.3 Å². The Labute approximate surface area is 139 Å². The topological polar surface area (TPSA) is 78.7 Å². The van der Waals surface area contributed by atoms with Crippen molar-refractivity contribution >= 4 is 17.6 Å². The van der Waals surface area contributed by atoms with Gasteiger partial charge in [-0.1, -0.05) is 18.2 Å². The number of nitrogens with zero attached hydrogens (tertiary/aromatic N) is 4. The molecule has 0 spiro atoms. The molecule has 7 heteroatoms. The fourth-order valence-electron chi connectivity index (χ4n) is 3.41. The minimum absolute atomic E-state index is 0.0377. The van der Waals surface area contributed by atoms with E-state index >= 15 is 0 Å². The van der Waals surface area contributed by atoms with Gasteiger partial charge < -0.3 is 10.0 Å². The number of fused-ring (bicyclic) bond motifs is 2. The van der Waals surface area contributed by atoms with Crippen molar-refractivity contribution in [3.8, 4) is 0 Å². The standard InChI is InChI=1S/C17H18N4O3/c1-17(24,16(23)20-8-9-21-14(20)6-7-18-21)11-19-10-12-4-2-3-5-13(12)15(19)22/h2-7,24H,8-11H2,1H3. The number of anilines is 1. The molecule has 2 aromatic rings. The van der Waals surface area contributed by atoms with Crippen LogP contribution in [0, 0.1) is 0 Å². The summed E-state index contributed by atoms with van der Waals surface area (Å²) in [4.78, 5) is 28.3. The molecule has 1 aromatic heterocycles. The van der Waals surface area contributed by atoms with Gasteiger partial charge >= 0.3 is 0 Å². The molecule has 0 radical (unpaired) electrons. The predicted molar refractivity (Wildman–Crippen MR) is 86.4 cm³/mol. The minimum atomic E-state index is -1.66. The van der Waals surface area contributed by atoms with E-state index in [0.29, 0.717) is 31.0 Å². The van der Waals surface area contributed by atoms with E-state index in [4.69, 9.17) is 0 Å². The summed E-state index contributed by atoms with van der Waals surface area (Å²) in [6, 6.07) is 9.10. The summed E-state index contributed by atoms with van der Waals surface area (Å²) >= 11 is 0. The second kappa shape index (κ2) is 5.17. The van der Waals surface area contributed by atoms with Crippen LogP contribution in [0.1, 0.15) is 22.8 Å². The Kier molecular flexibility index (Phi) is 3.21. The smallest absolute Gasteiger partial charge is 0.261 e. The number of carbonyl (C=O) groups is 2. The lowest BCUT2D eigenvalue weighted by Crippen LogP contribution is -2.53. The van der Waals surface area contributed by atoms with Gasteiger partial charge in [-0.15, -0.1) is 0 Å². The van der Waals surface area contributed by atoms with Crippen molar-refractivity contribution in [2.45, 2.75) is 25.6 Å². The molecule has 0 bridgehead atoms. The lowest BCUT2D eigenvalue weighted by molar-refractivity contribution is -0.136. The molecule has 1 unspecified atom stereocenters. The minimum Gasteiger partial charge on any atom is -0.378 e. The third-order valence-corrected chi connectivity index (χ3v) is 4.61. The van der Waals surface area contributed by atoms with Gasteiger partial charge in [0.15, 0.2) is 5.60 Å². The lowest BCUT2D eigenvalue weighted by atomic mass is 10.0. The Morgan fingerprint density at radius 1 is 1.29 bits per heavy atom. The highest BCUT2D eigenvalue weighted by Gasteiger charge is 2.42. The van der Waals surface area contributed by atoms with Crippen LogP contribution >= 0.6 is 0 Å². The number of amides is 2. The molecule has 3 heterocycles. The van der Waals surface area contributed by atoms with Gasteiger partial charge in [0.25, 0.3) is 11.8 Å². The largest absolute Gasteiger partial charge is 0.378 e. The van der Waals surface area contributed by atoms with Crippen LogP contribution in [-0.4, -0.2) is 50.3 Å². The molecule has 0 aliphatic carbocycles. The predicted octanol–water partition coefficient (Wildman–Crippen LogP) is 0.637. The molecular formula is C17H18N4O3. The van der Waals surface area contributed by atoms with Crippen LogP contribution < -0.4 is 4.90 Å². The van der Waals surface area contributed by atoms with E-state index in [-0.39, 0.29) is 12.5 Å². The summed E-state index contributed by atoms with van der Waals surface area (Å²) < 4.78 is 1.73. The summed E-state index contributed by atoms with van der Waals surface area (Å²) in [6.07, 6.45) is 1.63. The lowest BCUT2D eigenvalue weighted by Gasteiger charge is -2.31. The number of carbonyl (C=O) groups excluding carboxylic acids is 2. The molecule has 1 atom stereocenters. The fourth-order valence-corrected chi connectivity index (χ4v) is 3.41. The summed E-state index contributed by atoms with van der Waals surface area (Å²) in [5.74, 6) is 0.118. The molecule has 4 rings (SSSR count). The fraction of sp³-hybridized carbons (Fsp3) is 0.353. The second-order valence-electron chi connectivity index (χ2n) is 6.46. The Bertz CT molecular complexity index is 827. The molecule has 2 aliphatic rings. The zero-order valence-corrected chi connectivity index (χ0v) is 13.3. The summed E-state index contributed by atoms with van der Waals surface area (Å²) in [5, 5.41) is 14.9. The summed E-state index contributed by atoms with van der Waals surface area (Å²) in [6.45, 7) is 2.93. The molecule has 7 nitrogen and oxygen atoms in total. The maximum absolute atomic E-state index is 12.8. The Balaban J connectivity index is 1.52. The number of aliphatic hydroxyl groups is 1. The number of rotatable bonds is 3. The molecule has 1 N–H and O–H groups in total. The van der Waals surface area contributed by atoms with Crippen LogP contribution in [0.3, 0.4) is 0 Å². The SMILES string of the molecule is CC(O)(CN1Cc2ccccc2C1=O)C(=O)N1CCn2nccc21. The summed E-state index contributed by atoms with van der Waals surface area (Å²) in [7, 11) is 0. The third-order valence-electron chi connectivity index (χ3n) is 4.61. The maximum Gasteiger partial charge on any atom is 0.261 e. The van der Waals surface area contributed by atoms with Crippen molar-refractivity contribution in [2.24, 2.45) is 0 Å². The Morgan fingerprint density at radius 2 is 2.08 bits per heavy atom. The highest BCUT2D eigenvalue weighted by atomic mass is 16.3. The first-order valence-electron chi connectivity index (χ1n) is 7.91. The van der Waals surface area contributed by atoms with Crippen molar-refractivity contribution in [3.63, 3.8) is 0 Å². The number of hydrogen-bond acceptors (Lipinski definition) is 4. The molecule has 124 valence electrons. The highest BCUT2D eigenvalue weighted by molar-refractivity contribution is 6.01. The Hall–Kier alpha value is -2.67. The number of β-amino-alcohol motifs (C(OH)–C–C–N with tert-alkyl or cyclic N) is 1. The molecule has 0 fully saturated rings. The van der Waals surface area contributed by atoms with Crippen molar-refractivity contribution < 1.29 is 14.7 Å². The van der Waals surface area contributed by atoms with Crippen molar-refractivity contribution in [1.82, 2.24) is 14.7 Å². The Morgan fingerprint density at radius 3 is 2.88 bits per heavy atom. The highest BCUT2D eigenvalue weighted by Crippen LogP contribution is 2.27. The van der Waals surface area contributed by atoms with Gasteiger partial charge in [-0.25, -0.2) is 4.68 Å². The van der Waals surface area contributed by atoms with Crippen LogP contribution in [-0.2, 0) is 17.9 Å². The third kappa shape index (κ3) is 2.20. The quantitative estimate of drug-likeness (QED) is 0.898. The van der Waals surface area contributed by atoms with Gasteiger partial charge in [0, 0.05) is 24.7 Å². The van der Waals surface area contributed by atoms with E-state index in [1.54, 1.807) is 23.0 Å². The van der Waals surface area contributed by atoms with Gasteiger partial charge in [-0.05, 0) is 18.6 Å². The van der Waals surface area contributed by atoms with Gasteiger partial charge in [0.1, 0.15) is 5.82 Å². The van der Waals surface area contributed by atoms with Crippen molar-refractivity contribution in [2.75, 3.05) is 18.0 Å². The zero-order chi connectivity index (χ0) is 16.9. The maximum atomic E-state index is 12.8. The molecule has 2 amide bonds. The van der Waals surface area contributed by atoms with Crippen LogP contribution in [0.25, 0.3) is 0 Å². The second-order valence-corrected chi connectivity index (χ2v) is 6.46.